The number of aromatic nitrogens is 1. The summed E-state index contributed by atoms with van der Waals surface area (Å²) in [6.07, 6.45) is 0. The summed E-state index contributed by atoms with van der Waals surface area (Å²) in [4.78, 5) is 30.7. The molecule has 2 aromatic rings. The van der Waals surface area contributed by atoms with Crippen molar-refractivity contribution in [3.05, 3.63) is 41.8 Å². The maximum Gasteiger partial charge on any atom is 0.276 e. The van der Waals surface area contributed by atoms with Crippen LogP contribution in [0.2, 0.25) is 0 Å². The first-order chi connectivity index (χ1) is 14.1. The summed E-state index contributed by atoms with van der Waals surface area (Å²) >= 11 is 0. The molecule has 0 unspecified atom stereocenters. The zero-order valence-electron chi connectivity index (χ0n) is 16.1. The van der Waals surface area contributed by atoms with Crippen LogP contribution in [-0.2, 0) is 9.53 Å². The lowest BCUT2D eigenvalue weighted by Crippen LogP contribution is -2.53. The maximum absolute atomic E-state index is 13.9. The van der Waals surface area contributed by atoms with E-state index in [1.54, 1.807) is 28.0 Å². The van der Waals surface area contributed by atoms with E-state index in [9.17, 15) is 14.0 Å². The number of amides is 2. The normalized spacial score (nSPS) is 18.1. The van der Waals surface area contributed by atoms with Crippen LogP contribution in [0.5, 0.6) is 0 Å². The van der Waals surface area contributed by atoms with Crippen molar-refractivity contribution < 1.29 is 23.2 Å². The largest absolute Gasteiger partial charge is 0.379 e. The maximum atomic E-state index is 13.9. The molecule has 154 valence electrons. The quantitative estimate of drug-likeness (QED) is 0.762. The fourth-order valence-corrected chi connectivity index (χ4v) is 3.54. The molecule has 9 heteroatoms. The Bertz CT molecular complexity index is 873. The van der Waals surface area contributed by atoms with Crippen LogP contribution < -0.4 is 0 Å². The Labute approximate surface area is 167 Å². The van der Waals surface area contributed by atoms with E-state index in [-0.39, 0.29) is 28.8 Å². The van der Waals surface area contributed by atoms with Gasteiger partial charge in [-0.3, -0.25) is 14.5 Å². The minimum atomic E-state index is -0.435. The number of piperazine rings is 1. The number of hydrogen-bond acceptors (Lipinski definition) is 6. The Morgan fingerprint density at radius 1 is 1.00 bits per heavy atom. The molecule has 0 saturated carbocycles. The van der Waals surface area contributed by atoms with E-state index in [2.05, 4.69) is 10.1 Å². The highest BCUT2D eigenvalue weighted by Gasteiger charge is 2.28. The van der Waals surface area contributed by atoms with Gasteiger partial charge in [-0.15, -0.1) is 0 Å². The van der Waals surface area contributed by atoms with Gasteiger partial charge < -0.3 is 19.1 Å². The summed E-state index contributed by atoms with van der Waals surface area (Å²) in [6.45, 7) is 5.03. The van der Waals surface area contributed by atoms with Gasteiger partial charge in [-0.25, -0.2) is 4.39 Å². The SMILES string of the molecule is O=C(CN1CCOCC1)N1CCN(C(=O)c2cc(-c3ccccc3F)on2)CC1. The van der Waals surface area contributed by atoms with Crippen LogP contribution in [0.15, 0.2) is 34.9 Å². The van der Waals surface area contributed by atoms with E-state index in [0.29, 0.717) is 45.9 Å². The minimum Gasteiger partial charge on any atom is -0.379 e. The van der Waals surface area contributed by atoms with E-state index in [4.69, 9.17) is 9.26 Å². The van der Waals surface area contributed by atoms with Crippen LogP contribution in [0.3, 0.4) is 0 Å². The lowest BCUT2D eigenvalue weighted by atomic mass is 10.1. The molecule has 0 bridgehead atoms. The van der Waals surface area contributed by atoms with Crippen molar-refractivity contribution >= 4 is 11.8 Å². The number of benzene rings is 1. The molecular formula is C20H23FN4O4. The number of carbonyl (C=O) groups excluding carboxylic acids is 2. The molecule has 29 heavy (non-hydrogen) atoms. The van der Waals surface area contributed by atoms with Gasteiger partial charge in [0.2, 0.25) is 5.91 Å². The monoisotopic (exact) mass is 402 g/mol. The third kappa shape index (κ3) is 4.46. The Morgan fingerprint density at radius 3 is 2.41 bits per heavy atom. The van der Waals surface area contributed by atoms with Crippen LogP contribution in [0.25, 0.3) is 11.3 Å². The van der Waals surface area contributed by atoms with Gasteiger partial charge in [0.1, 0.15) is 5.82 Å². The number of rotatable bonds is 4. The Kier molecular flexibility index (Phi) is 5.86. The second-order valence-corrected chi connectivity index (χ2v) is 7.12. The van der Waals surface area contributed by atoms with Gasteiger partial charge in [0.15, 0.2) is 11.5 Å². The van der Waals surface area contributed by atoms with Crippen molar-refractivity contribution in [1.82, 2.24) is 19.9 Å². The first kappa shape index (κ1) is 19.5. The number of carbonyl (C=O) groups is 2. The smallest absolute Gasteiger partial charge is 0.276 e. The highest BCUT2D eigenvalue weighted by molar-refractivity contribution is 5.93. The predicted molar refractivity (Wildman–Crippen MR) is 102 cm³/mol. The van der Waals surface area contributed by atoms with E-state index in [0.717, 1.165) is 13.1 Å². The second-order valence-electron chi connectivity index (χ2n) is 7.12. The number of hydrogen-bond donors (Lipinski definition) is 0. The first-order valence-corrected chi connectivity index (χ1v) is 9.70. The van der Waals surface area contributed by atoms with Crippen LogP contribution in [0.1, 0.15) is 10.5 Å². The Morgan fingerprint density at radius 2 is 1.69 bits per heavy atom. The third-order valence-electron chi connectivity index (χ3n) is 5.25. The summed E-state index contributed by atoms with van der Waals surface area (Å²) < 4.78 is 24.4. The molecule has 0 aliphatic carbocycles. The molecule has 2 amide bonds. The molecule has 1 aromatic heterocycles. The van der Waals surface area contributed by atoms with Crippen molar-refractivity contribution in [3.63, 3.8) is 0 Å². The number of ether oxygens (including phenoxy) is 1. The molecule has 4 rings (SSSR count). The van der Waals surface area contributed by atoms with Gasteiger partial charge in [0, 0.05) is 45.3 Å². The average Bonchev–Trinajstić information content (AvgIpc) is 3.24. The highest BCUT2D eigenvalue weighted by atomic mass is 19.1. The third-order valence-corrected chi connectivity index (χ3v) is 5.25. The Hall–Kier alpha value is -2.78. The van der Waals surface area contributed by atoms with Gasteiger partial charge >= 0.3 is 0 Å². The van der Waals surface area contributed by atoms with Gasteiger partial charge in [-0.05, 0) is 12.1 Å². The molecule has 1 aromatic carbocycles. The standard InChI is InChI=1S/C20H23FN4O4/c21-16-4-2-1-3-15(16)18-13-17(22-29-18)20(27)25-7-5-24(6-8-25)19(26)14-23-9-11-28-12-10-23/h1-4,13H,5-12,14H2. The summed E-state index contributed by atoms with van der Waals surface area (Å²) in [7, 11) is 0. The minimum absolute atomic E-state index is 0.0716. The lowest BCUT2D eigenvalue weighted by molar-refractivity contribution is -0.134. The van der Waals surface area contributed by atoms with Crippen LogP contribution in [-0.4, -0.2) is 90.7 Å². The van der Waals surface area contributed by atoms with Crippen LogP contribution >= 0.6 is 0 Å². The molecule has 2 saturated heterocycles. The molecule has 8 nitrogen and oxygen atoms in total. The topological polar surface area (TPSA) is 79.1 Å². The van der Waals surface area contributed by atoms with Crippen molar-refractivity contribution in [1.29, 1.82) is 0 Å². The summed E-state index contributed by atoms with van der Waals surface area (Å²) in [5.41, 5.74) is 0.397. The van der Waals surface area contributed by atoms with Crippen LogP contribution in [0, 0.1) is 5.82 Å². The van der Waals surface area contributed by atoms with E-state index in [1.807, 2.05) is 0 Å². The van der Waals surface area contributed by atoms with Gasteiger partial charge in [0.05, 0.1) is 25.3 Å². The molecule has 0 spiro atoms. The summed E-state index contributed by atoms with van der Waals surface area (Å²) in [5.74, 6) is -0.431. The van der Waals surface area contributed by atoms with Gasteiger partial charge in [-0.1, -0.05) is 17.3 Å². The second kappa shape index (κ2) is 8.71. The molecular weight excluding hydrogens is 379 g/mol. The van der Waals surface area contributed by atoms with Gasteiger partial charge in [0.25, 0.3) is 5.91 Å². The number of nitrogens with zero attached hydrogens (tertiary/aromatic N) is 4. The first-order valence-electron chi connectivity index (χ1n) is 9.70. The highest BCUT2D eigenvalue weighted by Crippen LogP contribution is 2.24. The van der Waals surface area contributed by atoms with Crippen LogP contribution in [0.4, 0.5) is 4.39 Å². The molecule has 0 N–H and O–H groups in total. The predicted octanol–water partition coefficient (Wildman–Crippen LogP) is 1.10. The lowest BCUT2D eigenvalue weighted by Gasteiger charge is -2.36. The van der Waals surface area contributed by atoms with Crippen molar-refractivity contribution in [2.24, 2.45) is 0 Å². The van der Waals surface area contributed by atoms with Crippen molar-refractivity contribution in [2.75, 3.05) is 59.0 Å². The summed E-state index contributed by atoms with van der Waals surface area (Å²) in [5, 5.41) is 3.81. The fraction of sp³-hybridized carbons (Fsp3) is 0.450. The molecule has 0 radical (unpaired) electrons. The van der Waals surface area contributed by atoms with E-state index < -0.39 is 5.82 Å². The summed E-state index contributed by atoms with van der Waals surface area (Å²) in [6, 6.07) is 7.63. The zero-order chi connectivity index (χ0) is 20.2. The molecule has 0 atom stereocenters. The van der Waals surface area contributed by atoms with E-state index in [1.165, 1.54) is 12.1 Å². The van der Waals surface area contributed by atoms with Crippen molar-refractivity contribution in [3.8, 4) is 11.3 Å². The van der Waals surface area contributed by atoms with Crippen molar-refractivity contribution in [2.45, 2.75) is 0 Å². The number of morpholine rings is 1. The fourth-order valence-electron chi connectivity index (χ4n) is 3.54. The molecule has 2 aliphatic rings. The average molecular weight is 402 g/mol. The van der Waals surface area contributed by atoms with E-state index >= 15 is 0 Å². The number of halogens is 1. The molecule has 2 aliphatic heterocycles. The Balaban J connectivity index is 1.32. The molecule has 2 fully saturated rings. The molecule has 3 heterocycles. The zero-order valence-corrected chi connectivity index (χ0v) is 16.1. The van der Waals surface area contributed by atoms with Gasteiger partial charge in [-0.2, -0.15) is 0 Å².